The zero-order valence-electron chi connectivity index (χ0n) is 14.9. The van der Waals surface area contributed by atoms with Crippen LogP contribution in [0.25, 0.3) is 0 Å². The molecule has 2 unspecified atom stereocenters. The van der Waals surface area contributed by atoms with Gasteiger partial charge in [-0.15, -0.1) is 0 Å². The molecule has 1 aliphatic rings. The molecule has 0 amide bonds. The lowest BCUT2D eigenvalue weighted by Gasteiger charge is -2.33. The topological polar surface area (TPSA) is 72.7 Å². The van der Waals surface area contributed by atoms with Gasteiger partial charge in [-0.2, -0.15) is 0 Å². The normalized spacial score (nSPS) is 24.0. The third-order valence-electron chi connectivity index (χ3n) is 4.81. The number of aliphatic hydroxyl groups excluding tert-OH is 1. The van der Waals surface area contributed by atoms with Gasteiger partial charge in [0.15, 0.2) is 6.73 Å². The molecule has 5 heteroatoms. The number of carboxylic acids is 1. The van der Waals surface area contributed by atoms with E-state index in [4.69, 9.17) is 0 Å². The number of carboxylic acid groups (broad SMARTS) is 1. The number of aliphatic hydroxyl groups is 1. The van der Waals surface area contributed by atoms with Crippen LogP contribution in [0.4, 0.5) is 0 Å². The van der Waals surface area contributed by atoms with Crippen LogP contribution in [0.1, 0.15) is 78.1 Å². The Bertz CT molecular complexity index is 384. The van der Waals surface area contributed by atoms with Gasteiger partial charge in [-0.05, 0) is 12.8 Å². The first-order valence-corrected chi connectivity index (χ1v) is 9.32. The quantitative estimate of drug-likeness (QED) is 0.417. The Morgan fingerprint density at radius 2 is 1.83 bits per heavy atom. The molecule has 1 aliphatic heterocycles. The highest BCUT2D eigenvalue weighted by molar-refractivity contribution is 5.78. The van der Waals surface area contributed by atoms with Crippen LogP contribution in [0.5, 0.6) is 0 Å². The van der Waals surface area contributed by atoms with Crippen LogP contribution < -0.4 is 5.11 Å². The lowest BCUT2D eigenvalue weighted by molar-refractivity contribution is -0.858. The lowest BCUT2D eigenvalue weighted by atomic mass is 10.1. The molecule has 0 aromatic rings. The van der Waals surface area contributed by atoms with Crippen molar-refractivity contribution in [2.75, 3.05) is 19.8 Å². The van der Waals surface area contributed by atoms with Crippen LogP contribution in [0.15, 0.2) is 4.99 Å². The van der Waals surface area contributed by atoms with Gasteiger partial charge in [-0.1, -0.05) is 52.4 Å². The molecule has 2 atom stereocenters. The maximum absolute atomic E-state index is 10.9. The number of hydrogen-bond acceptors (Lipinski definition) is 4. The maximum atomic E-state index is 10.9. The molecule has 0 fully saturated rings. The molecule has 23 heavy (non-hydrogen) atoms. The zero-order chi connectivity index (χ0) is 17.1. The minimum atomic E-state index is -1.05. The van der Waals surface area contributed by atoms with E-state index in [0.717, 1.165) is 38.1 Å². The Hall–Kier alpha value is -0.940. The first-order chi connectivity index (χ1) is 11.1. The number of hydrogen-bond donors (Lipinski definition) is 1. The Kier molecular flexibility index (Phi) is 9.41. The summed E-state index contributed by atoms with van der Waals surface area (Å²) < 4.78 is 0.473. The molecule has 0 saturated heterocycles. The van der Waals surface area contributed by atoms with E-state index in [-0.39, 0.29) is 19.2 Å². The summed E-state index contributed by atoms with van der Waals surface area (Å²) in [6.07, 6.45) is 10.3. The number of rotatable bonds is 13. The van der Waals surface area contributed by atoms with Crippen LogP contribution in [-0.2, 0) is 4.79 Å². The number of unbranched alkanes of at least 4 members (excludes halogenated alkanes) is 6. The highest BCUT2D eigenvalue weighted by atomic mass is 16.4. The van der Waals surface area contributed by atoms with E-state index in [1.54, 1.807) is 0 Å². The molecule has 0 aromatic heterocycles. The van der Waals surface area contributed by atoms with Crippen LogP contribution in [-0.4, -0.2) is 47.3 Å². The minimum Gasteiger partial charge on any atom is -0.550 e. The molecule has 1 rings (SSSR count). The summed E-state index contributed by atoms with van der Waals surface area (Å²) in [6, 6.07) is -0.237. The summed E-state index contributed by atoms with van der Waals surface area (Å²) in [5.74, 6) is -0.0474. The van der Waals surface area contributed by atoms with Crippen molar-refractivity contribution in [1.29, 1.82) is 0 Å². The van der Waals surface area contributed by atoms with E-state index in [1.165, 1.54) is 32.1 Å². The lowest BCUT2D eigenvalue weighted by Crippen LogP contribution is -2.53. The molecule has 5 nitrogen and oxygen atoms in total. The minimum absolute atomic E-state index is 0.0260. The molecular formula is C18H34N2O3. The summed E-state index contributed by atoms with van der Waals surface area (Å²) in [5, 5.41) is 20.9. The van der Waals surface area contributed by atoms with Gasteiger partial charge in [0.05, 0.1) is 6.54 Å². The van der Waals surface area contributed by atoms with Gasteiger partial charge < -0.3 is 15.0 Å². The van der Waals surface area contributed by atoms with Crippen molar-refractivity contribution >= 4 is 11.8 Å². The van der Waals surface area contributed by atoms with Crippen molar-refractivity contribution in [2.24, 2.45) is 4.99 Å². The standard InChI is InChI=1S/C18H34N2O3/c1-3-5-7-8-9-10-11-17-19-16(13-18(22)23)14-20(17,15-21)12-6-4-2/h16,21H,3-15H2,1-2H3. The van der Waals surface area contributed by atoms with E-state index < -0.39 is 5.97 Å². The number of aliphatic imine (C=N–C) groups is 1. The third kappa shape index (κ3) is 6.60. The molecule has 0 spiro atoms. The molecule has 0 saturated carbocycles. The Morgan fingerprint density at radius 1 is 1.17 bits per heavy atom. The predicted octanol–water partition coefficient (Wildman–Crippen LogP) is 2.22. The second kappa shape index (κ2) is 10.8. The van der Waals surface area contributed by atoms with E-state index >= 15 is 0 Å². The molecule has 0 aromatic carbocycles. The molecule has 1 N–H and O–H groups in total. The van der Waals surface area contributed by atoms with Gasteiger partial charge in [0.1, 0.15) is 12.6 Å². The average Bonchev–Trinajstić information content (AvgIpc) is 2.86. The largest absolute Gasteiger partial charge is 0.550 e. The predicted molar refractivity (Wildman–Crippen MR) is 90.8 cm³/mol. The Balaban J connectivity index is 2.60. The summed E-state index contributed by atoms with van der Waals surface area (Å²) in [4.78, 5) is 15.5. The first kappa shape index (κ1) is 20.1. The summed E-state index contributed by atoms with van der Waals surface area (Å²) >= 11 is 0. The van der Waals surface area contributed by atoms with Crippen molar-refractivity contribution in [2.45, 2.75) is 84.1 Å². The van der Waals surface area contributed by atoms with Crippen LogP contribution >= 0.6 is 0 Å². The summed E-state index contributed by atoms with van der Waals surface area (Å²) in [6.45, 7) is 5.83. The van der Waals surface area contributed by atoms with E-state index in [2.05, 4.69) is 18.8 Å². The SMILES string of the molecule is CCCCCCCCC1=NC(CC(=O)[O-])C[N+]1(CO)CCCC. The second-order valence-electron chi connectivity index (χ2n) is 6.84. The van der Waals surface area contributed by atoms with E-state index in [9.17, 15) is 15.0 Å². The highest BCUT2D eigenvalue weighted by Gasteiger charge is 2.41. The number of carbonyl (C=O) groups excluding carboxylic acids is 1. The molecular weight excluding hydrogens is 292 g/mol. The molecule has 134 valence electrons. The third-order valence-corrected chi connectivity index (χ3v) is 4.81. The fourth-order valence-corrected chi connectivity index (χ4v) is 3.44. The molecule has 0 radical (unpaired) electrons. The van der Waals surface area contributed by atoms with Gasteiger partial charge in [-0.3, -0.25) is 4.48 Å². The van der Waals surface area contributed by atoms with Crippen LogP contribution in [0.3, 0.4) is 0 Å². The monoisotopic (exact) mass is 326 g/mol. The van der Waals surface area contributed by atoms with Crippen LogP contribution in [0.2, 0.25) is 0 Å². The maximum Gasteiger partial charge on any atom is 0.200 e. The number of aliphatic carboxylic acids is 1. The van der Waals surface area contributed by atoms with E-state index in [0.29, 0.717) is 11.0 Å². The molecule has 0 bridgehead atoms. The van der Waals surface area contributed by atoms with Crippen LogP contribution in [0, 0.1) is 0 Å². The zero-order valence-corrected chi connectivity index (χ0v) is 14.9. The van der Waals surface area contributed by atoms with Crippen molar-refractivity contribution in [3.63, 3.8) is 0 Å². The number of carbonyl (C=O) groups is 1. The fourth-order valence-electron chi connectivity index (χ4n) is 3.44. The highest BCUT2D eigenvalue weighted by Crippen LogP contribution is 2.25. The fraction of sp³-hybridized carbons (Fsp3) is 0.889. The van der Waals surface area contributed by atoms with Gasteiger partial charge in [-0.25, -0.2) is 4.99 Å². The van der Waals surface area contributed by atoms with Gasteiger partial charge in [0, 0.05) is 18.8 Å². The summed E-state index contributed by atoms with van der Waals surface area (Å²) in [7, 11) is 0. The Morgan fingerprint density at radius 3 is 2.43 bits per heavy atom. The number of nitrogens with zero attached hydrogens (tertiary/aromatic N) is 2. The summed E-state index contributed by atoms with van der Waals surface area (Å²) in [5.41, 5.74) is 0. The Labute approximate surface area is 141 Å². The number of amidine groups is 1. The van der Waals surface area contributed by atoms with Gasteiger partial charge in [0.2, 0.25) is 5.84 Å². The van der Waals surface area contributed by atoms with Gasteiger partial charge >= 0.3 is 0 Å². The first-order valence-electron chi connectivity index (χ1n) is 9.32. The molecule has 0 aliphatic carbocycles. The van der Waals surface area contributed by atoms with Crippen molar-refractivity contribution in [1.82, 2.24) is 0 Å². The van der Waals surface area contributed by atoms with Crippen molar-refractivity contribution in [3.8, 4) is 0 Å². The average molecular weight is 326 g/mol. The van der Waals surface area contributed by atoms with E-state index in [1.807, 2.05) is 0 Å². The smallest absolute Gasteiger partial charge is 0.200 e. The van der Waals surface area contributed by atoms with Crippen molar-refractivity contribution < 1.29 is 19.5 Å². The second-order valence-corrected chi connectivity index (χ2v) is 6.84. The number of quaternary nitrogens is 1. The van der Waals surface area contributed by atoms with Crippen molar-refractivity contribution in [3.05, 3.63) is 0 Å². The molecule has 1 heterocycles. The van der Waals surface area contributed by atoms with Gasteiger partial charge in [0.25, 0.3) is 0 Å².